The third kappa shape index (κ3) is 3.26. The monoisotopic (exact) mass is 222 g/mol. The lowest BCUT2D eigenvalue weighted by molar-refractivity contribution is -0.107. The lowest BCUT2D eigenvalue weighted by atomic mass is 10.1. The number of benzene rings is 1. The summed E-state index contributed by atoms with van der Waals surface area (Å²) in [6, 6.07) is 5.85. The number of carbonyl (C=O) groups excluding carboxylic acids is 1. The van der Waals surface area contributed by atoms with Crippen LogP contribution in [0.1, 0.15) is 25.3 Å². The van der Waals surface area contributed by atoms with Gasteiger partial charge in [0.05, 0.1) is 13.7 Å². The molecular weight excluding hydrogens is 204 g/mol. The molecule has 0 radical (unpaired) electrons. The van der Waals surface area contributed by atoms with Crippen molar-refractivity contribution >= 4 is 6.29 Å². The predicted molar refractivity (Wildman–Crippen MR) is 63.2 cm³/mol. The van der Waals surface area contributed by atoms with Crippen LogP contribution in [0.15, 0.2) is 18.2 Å². The molecule has 0 saturated heterocycles. The van der Waals surface area contributed by atoms with Crippen LogP contribution in [0.4, 0.5) is 0 Å². The van der Waals surface area contributed by atoms with Gasteiger partial charge in [-0.1, -0.05) is 12.1 Å². The van der Waals surface area contributed by atoms with E-state index in [9.17, 15) is 4.79 Å². The molecule has 1 rings (SSSR count). The van der Waals surface area contributed by atoms with E-state index in [4.69, 9.17) is 9.47 Å². The molecule has 1 aromatic carbocycles. The maximum atomic E-state index is 10.3. The van der Waals surface area contributed by atoms with Gasteiger partial charge in [0.25, 0.3) is 0 Å². The first-order valence-corrected chi connectivity index (χ1v) is 5.55. The number of aldehydes is 1. The summed E-state index contributed by atoms with van der Waals surface area (Å²) in [6.07, 6.45) is 3.21. The van der Waals surface area contributed by atoms with Crippen molar-refractivity contribution in [1.82, 2.24) is 0 Å². The van der Waals surface area contributed by atoms with Crippen molar-refractivity contribution in [3.8, 4) is 11.5 Å². The fourth-order valence-corrected chi connectivity index (χ4v) is 1.63. The normalized spacial score (nSPS) is 9.88. The highest BCUT2D eigenvalue weighted by atomic mass is 16.5. The first-order valence-electron chi connectivity index (χ1n) is 5.55. The smallest absolute Gasteiger partial charge is 0.163 e. The highest BCUT2D eigenvalue weighted by Crippen LogP contribution is 2.31. The number of ether oxygens (including phenoxy) is 2. The van der Waals surface area contributed by atoms with Crippen molar-refractivity contribution in [2.45, 2.75) is 26.2 Å². The number of unbranched alkanes of at least 4 members (excludes halogenated alkanes) is 1. The molecule has 0 aromatic heterocycles. The largest absolute Gasteiger partial charge is 0.493 e. The highest BCUT2D eigenvalue weighted by molar-refractivity contribution is 5.50. The predicted octanol–water partition coefficient (Wildman–Crippen LogP) is 2.62. The Labute approximate surface area is 96.4 Å². The minimum absolute atomic E-state index is 0.585. The van der Waals surface area contributed by atoms with Crippen molar-refractivity contribution in [3.63, 3.8) is 0 Å². The zero-order valence-electron chi connectivity index (χ0n) is 9.86. The Morgan fingerprint density at radius 3 is 2.81 bits per heavy atom. The number of hydrogen-bond acceptors (Lipinski definition) is 3. The van der Waals surface area contributed by atoms with Crippen molar-refractivity contribution in [2.24, 2.45) is 0 Å². The van der Waals surface area contributed by atoms with E-state index in [1.807, 2.05) is 25.1 Å². The number of para-hydroxylation sites is 1. The van der Waals surface area contributed by atoms with Crippen LogP contribution in [-0.2, 0) is 11.2 Å². The summed E-state index contributed by atoms with van der Waals surface area (Å²) in [5.41, 5.74) is 1.09. The van der Waals surface area contributed by atoms with E-state index >= 15 is 0 Å². The summed E-state index contributed by atoms with van der Waals surface area (Å²) in [4.78, 5) is 10.3. The number of rotatable bonds is 7. The van der Waals surface area contributed by atoms with E-state index in [1.54, 1.807) is 7.11 Å². The minimum Gasteiger partial charge on any atom is -0.493 e. The van der Waals surface area contributed by atoms with Gasteiger partial charge in [-0.3, -0.25) is 0 Å². The lowest BCUT2D eigenvalue weighted by Gasteiger charge is -2.13. The number of hydrogen-bond donors (Lipinski definition) is 0. The van der Waals surface area contributed by atoms with Gasteiger partial charge < -0.3 is 14.3 Å². The molecule has 0 heterocycles. The van der Waals surface area contributed by atoms with E-state index in [1.165, 1.54) is 0 Å². The van der Waals surface area contributed by atoms with Gasteiger partial charge in [-0.15, -0.1) is 0 Å². The summed E-state index contributed by atoms with van der Waals surface area (Å²) in [5, 5.41) is 0. The van der Waals surface area contributed by atoms with Crippen LogP contribution in [0.3, 0.4) is 0 Å². The fourth-order valence-electron chi connectivity index (χ4n) is 1.63. The molecule has 0 bridgehead atoms. The molecule has 0 fully saturated rings. The molecule has 0 aliphatic carbocycles. The molecule has 0 spiro atoms. The van der Waals surface area contributed by atoms with Gasteiger partial charge in [-0.05, 0) is 31.4 Å². The highest BCUT2D eigenvalue weighted by Gasteiger charge is 2.09. The second-order valence-corrected chi connectivity index (χ2v) is 3.44. The Morgan fingerprint density at radius 2 is 2.19 bits per heavy atom. The lowest BCUT2D eigenvalue weighted by Crippen LogP contribution is -1.99. The minimum atomic E-state index is 0.585. The number of aryl methyl sites for hydroxylation is 1. The van der Waals surface area contributed by atoms with Crippen LogP contribution in [0.5, 0.6) is 11.5 Å². The van der Waals surface area contributed by atoms with Crippen LogP contribution in [0.25, 0.3) is 0 Å². The van der Waals surface area contributed by atoms with Crippen LogP contribution in [0, 0.1) is 0 Å². The van der Waals surface area contributed by atoms with E-state index in [0.717, 1.165) is 36.2 Å². The van der Waals surface area contributed by atoms with Gasteiger partial charge >= 0.3 is 0 Å². The summed E-state index contributed by atoms with van der Waals surface area (Å²) >= 11 is 0. The zero-order chi connectivity index (χ0) is 11.8. The van der Waals surface area contributed by atoms with E-state index in [0.29, 0.717) is 13.0 Å². The van der Waals surface area contributed by atoms with Gasteiger partial charge in [-0.25, -0.2) is 0 Å². The average Bonchev–Trinajstić information content (AvgIpc) is 2.30. The maximum absolute atomic E-state index is 10.3. The molecule has 3 nitrogen and oxygen atoms in total. The summed E-state index contributed by atoms with van der Waals surface area (Å²) < 4.78 is 10.8. The molecule has 88 valence electrons. The van der Waals surface area contributed by atoms with Crippen LogP contribution >= 0.6 is 0 Å². The summed E-state index contributed by atoms with van der Waals surface area (Å²) in [7, 11) is 1.64. The van der Waals surface area contributed by atoms with Gasteiger partial charge in [0, 0.05) is 6.42 Å². The van der Waals surface area contributed by atoms with Crippen LogP contribution < -0.4 is 9.47 Å². The Kier molecular flexibility index (Phi) is 5.40. The van der Waals surface area contributed by atoms with Crippen LogP contribution in [0.2, 0.25) is 0 Å². The van der Waals surface area contributed by atoms with E-state index in [2.05, 4.69) is 0 Å². The molecule has 0 aliphatic heterocycles. The molecule has 16 heavy (non-hydrogen) atoms. The average molecular weight is 222 g/mol. The Balaban J connectivity index is 2.81. The number of methoxy groups -OCH3 is 1. The van der Waals surface area contributed by atoms with Crippen molar-refractivity contribution in [2.75, 3.05) is 13.7 Å². The SMILES string of the molecule is CCOc1cccc(CCCC=O)c1OC. The second kappa shape index (κ2) is 6.88. The fraction of sp³-hybridized carbons (Fsp3) is 0.462. The van der Waals surface area contributed by atoms with Crippen molar-refractivity contribution < 1.29 is 14.3 Å². The molecule has 0 saturated carbocycles. The molecule has 0 N–H and O–H groups in total. The Hall–Kier alpha value is -1.51. The van der Waals surface area contributed by atoms with Gasteiger partial charge in [-0.2, -0.15) is 0 Å². The molecule has 3 heteroatoms. The summed E-state index contributed by atoms with van der Waals surface area (Å²) in [6.45, 7) is 2.56. The third-order valence-corrected chi connectivity index (χ3v) is 2.33. The summed E-state index contributed by atoms with van der Waals surface area (Å²) in [5.74, 6) is 1.56. The van der Waals surface area contributed by atoms with Crippen molar-refractivity contribution in [3.05, 3.63) is 23.8 Å². The Bertz CT molecular complexity index is 334. The van der Waals surface area contributed by atoms with Gasteiger partial charge in [0.15, 0.2) is 11.5 Å². The van der Waals surface area contributed by atoms with Crippen LogP contribution in [-0.4, -0.2) is 20.0 Å². The zero-order valence-corrected chi connectivity index (χ0v) is 9.86. The first-order chi connectivity index (χ1) is 7.83. The van der Waals surface area contributed by atoms with E-state index in [-0.39, 0.29) is 0 Å². The van der Waals surface area contributed by atoms with Gasteiger partial charge in [0.1, 0.15) is 6.29 Å². The standard InChI is InChI=1S/C13H18O3/c1-3-16-12-9-6-8-11(13(12)15-2)7-4-5-10-14/h6,8-10H,3-5,7H2,1-2H3. The van der Waals surface area contributed by atoms with E-state index < -0.39 is 0 Å². The maximum Gasteiger partial charge on any atom is 0.163 e. The molecule has 1 aromatic rings. The second-order valence-electron chi connectivity index (χ2n) is 3.44. The van der Waals surface area contributed by atoms with Gasteiger partial charge in [0.2, 0.25) is 0 Å². The quantitative estimate of drug-likeness (QED) is 0.525. The molecule has 0 atom stereocenters. The number of carbonyl (C=O) groups is 1. The molecule has 0 amide bonds. The molecule has 0 unspecified atom stereocenters. The molecule has 0 aliphatic rings. The topological polar surface area (TPSA) is 35.5 Å². The Morgan fingerprint density at radius 1 is 1.38 bits per heavy atom. The van der Waals surface area contributed by atoms with Crippen molar-refractivity contribution in [1.29, 1.82) is 0 Å². The first kappa shape index (κ1) is 12.6. The molecular formula is C13H18O3. The third-order valence-electron chi connectivity index (χ3n) is 2.33.